The zero-order valence-corrected chi connectivity index (χ0v) is 14.6. The van der Waals surface area contributed by atoms with Gasteiger partial charge in [-0.3, -0.25) is 9.69 Å². The summed E-state index contributed by atoms with van der Waals surface area (Å²) in [6, 6.07) is 5.53. The highest BCUT2D eigenvalue weighted by molar-refractivity contribution is 5.81. The van der Waals surface area contributed by atoms with Gasteiger partial charge in [0.25, 0.3) is 0 Å². The second-order valence-corrected chi connectivity index (χ2v) is 7.36. The molecule has 1 atom stereocenters. The molecule has 0 saturated carbocycles. The number of aromatic hydroxyl groups is 1. The number of carbonyl (C=O) groups excluding carboxylic acids is 1. The third-order valence-electron chi connectivity index (χ3n) is 4.25. The Balaban J connectivity index is 1.81. The SMILES string of the molecule is COc1ccc(CN2CC[C@H](CNC(=O)C(C)(C)C)C2)cc1O. The smallest absolute Gasteiger partial charge is 0.225 e. The summed E-state index contributed by atoms with van der Waals surface area (Å²) in [5.74, 6) is 1.28. The van der Waals surface area contributed by atoms with E-state index in [1.54, 1.807) is 19.2 Å². The lowest BCUT2D eigenvalue weighted by molar-refractivity contribution is -0.128. The molecule has 0 aliphatic carbocycles. The number of nitrogens with zero attached hydrogens (tertiary/aromatic N) is 1. The standard InChI is InChI=1S/C18H28N2O3/c1-18(2,3)17(22)19-10-14-7-8-20(12-14)11-13-5-6-16(23-4)15(21)9-13/h5-6,9,14,21H,7-8,10-12H2,1-4H3,(H,19,22)/t14-/m1/s1. The van der Waals surface area contributed by atoms with Crippen molar-refractivity contribution in [3.63, 3.8) is 0 Å². The molecular formula is C18H28N2O3. The third-order valence-corrected chi connectivity index (χ3v) is 4.25. The molecule has 1 aliphatic heterocycles. The second-order valence-electron chi connectivity index (χ2n) is 7.36. The van der Waals surface area contributed by atoms with Crippen LogP contribution in [0.15, 0.2) is 18.2 Å². The number of hydrogen-bond donors (Lipinski definition) is 2. The minimum absolute atomic E-state index is 0.107. The maximum absolute atomic E-state index is 11.9. The van der Waals surface area contributed by atoms with E-state index < -0.39 is 0 Å². The van der Waals surface area contributed by atoms with E-state index in [1.807, 2.05) is 26.8 Å². The van der Waals surface area contributed by atoms with Gasteiger partial charge in [0.15, 0.2) is 11.5 Å². The summed E-state index contributed by atoms with van der Waals surface area (Å²) in [5, 5.41) is 12.9. The Morgan fingerprint density at radius 3 is 2.78 bits per heavy atom. The summed E-state index contributed by atoms with van der Waals surface area (Å²) in [6.07, 6.45) is 1.09. The monoisotopic (exact) mass is 320 g/mol. The van der Waals surface area contributed by atoms with Crippen molar-refractivity contribution in [2.45, 2.75) is 33.7 Å². The molecule has 2 N–H and O–H groups in total. The molecule has 1 saturated heterocycles. The molecule has 0 spiro atoms. The Bertz CT molecular complexity index is 552. The van der Waals surface area contributed by atoms with Crippen LogP contribution in [0.25, 0.3) is 0 Å². The van der Waals surface area contributed by atoms with Gasteiger partial charge in [-0.15, -0.1) is 0 Å². The molecule has 1 aromatic carbocycles. The molecule has 5 nitrogen and oxygen atoms in total. The average Bonchev–Trinajstić information content (AvgIpc) is 2.91. The van der Waals surface area contributed by atoms with Crippen LogP contribution < -0.4 is 10.1 Å². The van der Waals surface area contributed by atoms with Gasteiger partial charge >= 0.3 is 0 Å². The van der Waals surface area contributed by atoms with Gasteiger partial charge in [0.05, 0.1) is 7.11 Å². The molecule has 1 aliphatic rings. The van der Waals surface area contributed by atoms with E-state index in [0.717, 1.165) is 38.2 Å². The zero-order chi connectivity index (χ0) is 17.0. The number of likely N-dealkylation sites (tertiary alicyclic amines) is 1. The van der Waals surface area contributed by atoms with Gasteiger partial charge in [0.1, 0.15) is 0 Å². The summed E-state index contributed by atoms with van der Waals surface area (Å²) >= 11 is 0. The summed E-state index contributed by atoms with van der Waals surface area (Å²) in [6.45, 7) is 9.32. The van der Waals surface area contributed by atoms with E-state index >= 15 is 0 Å². The minimum Gasteiger partial charge on any atom is -0.504 e. The van der Waals surface area contributed by atoms with Crippen LogP contribution >= 0.6 is 0 Å². The number of amides is 1. The van der Waals surface area contributed by atoms with Crippen molar-refractivity contribution in [3.8, 4) is 11.5 Å². The molecule has 0 radical (unpaired) electrons. The summed E-state index contributed by atoms with van der Waals surface area (Å²) < 4.78 is 5.06. The number of benzene rings is 1. The average molecular weight is 320 g/mol. The molecule has 1 heterocycles. The van der Waals surface area contributed by atoms with Crippen molar-refractivity contribution in [3.05, 3.63) is 23.8 Å². The second kappa shape index (κ2) is 7.21. The maximum atomic E-state index is 11.9. The summed E-state index contributed by atoms with van der Waals surface area (Å²) in [7, 11) is 1.55. The van der Waals surface area contributed by atoms with Crippen LogP contribution in [0.1, 0.15) is 32.8 Å². The summed E-state index contributed by atoms with van der Waals surface area (Å²) in [5.41, 5.74) is 0.738. The Morgan fingerprint density at radius 2 is 2.17 bits per heavy atom. The van der Waals surface area contributed by atoms with Gasteiger partial charge in [0.2, 0.25) is 5.91 Å². The Kier molecular flexibility index (Phi) is 5.52. The number of methoxy groups -OCH3 is 1. The zero-order valence-electron chi connectivity index (χ0n) is 14.6. The van der Waals surface area contributed by atoms with Crippen LogP contribution in [-0.4, -0.2) is 42.7 Å². The predicted octanol–water partition coefficient (Wildman–Crippen LogP) is 2.39. The lowest BCUT2D eigenvalue weighted by Crippen LogP contribution is -2.38. The highest BCUT2D eigenvalue weighted by Gasteiger charge is 2.26. The fraction of sp³-hybridized carbons (Fsp3) is 0.611. The Hall–Kier alpha value is -1.75. The fourth-order valence-electron chi connectivity index (χ4n) is 2.82. The first-order chi connectivity index (χ1) is 10.8. The maximum Gasteiger partial charge on any atom is 0.225 e. The first kappa shape index (κ1) is 17.6. The molecular weight excluding hydrogens is 292 g/mol. The largest absolute Gasteiger partial charge is 0.504 e. The van der Waals surface area contributed by atoms with Crippen LogP contribution in [0.3, 0.4) is 0 Å². The van der Waals surface area contributed by atoms with Gasteiger partial charge in [-0.2, -0.15) is 0 Å². The van der Waals surface area contributed by atoms with Crippen LogP contribution in [0.4, 0.5) is 0 Å². The van der Waals surface area contributed by atoms with E-state index in [1.165, 1.54) is 0 Å². The quantitative estimate of drug-likeness (QED) is 0.874. The van der Waals surface area contributed by atoms with Crippen molar-refractivity contribution >= 4 is 5.91 Å². The van der Waals surface area contributed by atoms with Crippen LogP contribution in [-0.2, 0) is 11.3 Å². The fourth-order valence-corrected chi connectivity index (χ4v) is 2.82. The molecule has 23 heavy (non-hydrogen) atoms. The van der Waals surface area contributed by atoms with Gasteiger partial charge < -0.3 is 15.2 Å². The molecule has 1 amide bonds. The normalized spacial score (nSPS) is 18.9. The minimum atomic E-state index is -0.334. The predicted molar refractivity (Wildman–Crippen MR) is 90.5 cm³/mol. The molecule has 5 heteroatoms. The van der Waals surface area contributed by atoms with E-state index in [4.69, 9.17) is 4.74 Å². The van der Waals surface area contributed by atoms with E-state index in [2.05, 4.69) is 10.2 Å². The third kappa shape index (κ3) is 4.86. The molecule has 0 aromatic heterocycles. The molecule has 2 rings (SSSR count). The topological polar surface area (TPSA) is 61.8 Å². The number of phenolic OH excluding ortho intramolecular Hbond substituents is 1. The molecule has 0 unspecified atom stereocenters. The van der Waals surface area contributed by atoms with Gasteiger partial charge in [0, 0.05) is 25.0 Å². The highest BCUT2D eigenvalue weighted by atomic mass is 16.5. The number of carbonyl (C=O) groups is 1. The molecule has 0 bridgehead atoms. The van der Waals surface area contributed by atoms with Crippen molar-refractivity contribution in [1.82, 2.24) is 10.2 Å². The van der Waals surface area contributed by atoms with E-state index in [0.29, 0.717) is 11.7 Å². The number of nitrogens with one attached hydrogen (secondary N) is 1. The van der Waals surface area contributed by atoms with Crippen LogP contribution in [0.5, 0.6) is 11.5 Å². The Labute approximate surface area is 138 Å². The van der Waals surface area contributed by atoms with Crippen molar-refractivity contribution < 1.29 is 14.6 Å². The van der Waals surface area contributed by atoms with Crippen LogP contribution in [0, 0.1) is 11.3 Å². The van der Waals surface area contributed by atoms with E-state index in [-0.39, 0.29) is 17.1 Å². The number of rotatable bonds is 5. The van der Waals surface area contributed by atoms with Gasteiger partial charge in [-0.25, -0.2) is 0 Å². The highest BCUT2D eigenvalue weighted by Crippen LogP contribution is 2.27. The number of hydrogen-bond acceptors (Lipinski definition) is 4. The lowest BCUT2D eigenvalue weighted by Gasteiger charge is -2.20. The Morgan fingerprint density at radius 1 is 1.43 bits per heavy atom. The van der Waals surface area contributed by atoms with Crippen LogP contribution in [0.2, 0.25) is 0 Å². The molecule has 1 fully saturated rings. The van der Waals surface area contributed by atoms with E-state index in [9.17, 15) is 9.90 Å². The summed E-state index contributed by atoms with van der Waals surface area (Å²) in [4.78, 5) is 14.3. The van der Waals surface area contributed by atoms with Gasteiger partial charge in [-0.05, 0) is 36.6 Å². The van der Waals surface area contributed by atoms with Gasteiger partial charge in [-0.1, -0.05) is 26.8 Å². The first-order valence-electron chi connectivity index (χ1n) is 8.16. The number of ether oxygens (including phenoxy) is 1. The molecule has 1 aromatic rings. The lowest BCUT2D eigenvalue weighted by atomic mass is 9.95. The first-order valence-corrected chi connectivity index (χ1v) is 8.16. The van der Waals surface area contributed by atoms with Crippen molar-refractivity contribution in [2.75, 3.05) is 26.7 Å². The van der Waals surface area contributed by atoms with Crippen molar-refractivity contribution in [2.24, 2.45) is 11.3 Å². The molecule has 128 valence electrons. The number of phenols is 1. The van der Waals surface area contributed by atoms with Crippen molar-refractivity contribution in [1.29, 1.82) is 0 Å².